The van der Waals surface area contributed by atoms with E-state index in [0.29, 0.717) is 22.8 Å². The molecule has 3 aromatic carbocycles. The largest absolute Gasteiger partial charge is 0.503 e. The molecule has 37 heavy (non-hydrogen) atoms. The molecular formula is C29H28N2O6. The van der Waals surface area contributed by atoms with E-state index in [1.807, 2.05) is 36.5 Å². The molecule has 8 nitrogen and oxygen atoms in total. The van der Waals surface area contributed by atoms with Crippen molar-refractivity contribution in [2.24, 2.45) is 0 Å². The molecule has 0 saturated carbocycles. The Hall–Kier alpha value is -4.85. The van der Waals surface area contributed by atoms with Crippen molar-refractivity contribution >= 4 is 40.7 Å². The minimum absolute atomic E-state index is 0.177. The van der Waals surface area contributed by atoms with Crippen LogP contribution < -0.4 is 24.3 Å². The maximum atomic E-state index is 12.8. The first kappa shape index (κ1) is 25.2. The highest BCUT2D eigenvalue weighted by Crippen LogP contribution is 2.40. The summed E-state index contributed by atoms with van der Waals surface area (Å²) in [7, 11) is 6.08. The fourth-order valence-electron chi connectivity index (χ4n) is 3.97. The number of nitrogens with one attached hydrogen (secondary N) is 2. The van der Waals surface area contributed by atoms with Crippen molar-refractivity contribution in [2.75, 3.05) is 33.8 Å². The zero-order valence-corrected chi connectivity index (χ0v) is 21.0. The van der Waals surface area contributed by atoms with Crippen LogP contribution in [-0.2, 0) is 4.79 Å². The number of benzene rings is 3. The molecule has 0 radical (unpaired) electrons. The Morgan fingerprint density at radius 2 is 1.54 bits per heavy atom. The molecular weight excluding hydrogens is 472 g/mol. The van der Waals surface area contributed by atoms with E-state index in [1.165, 1.54) is 20.3 Å². The van der Waals surface area contributed by atoms with Gasteiger partial charge in [0.05, 0.1) is 34.1 Å². The van der Waals surface area contributed by atoms with Gasteiger partial charge in [0.1, 0.15) is 0 Å². The number of rotatable bonds is 9. The van der Waals surface area contributed by atoms with E-state index in [2.05, 4.69) is 10.3 Å². The lowest BCUT2D eigenvalue weighted by Crippen LogP contribution is -2.09. The molecule has 3 N–H and O–H groups in total. The number of aromatic nitrogens is 1. The van der Waals surface area contributed by atoms with Crippen LogP contribution in [0.25, 0.3) is 29.1 Å². The number of hydrogen-bond acceptors (Lipinski definition) is 6. The molecule has 0 fully saturated rings. The van der Waals surface area contributed by atoms with Gasteiger partial charge >= 0.3 is 0 Å². The lowest BCUT2D eigenvalue weighted by molar-refractivity contribution is -0.111. The quantitative estimate of drug-likeness (QED) is 0.154. The first-order chi connectivity index (χ1) is 18.0. The average Bonchev–Trinajstić information content (AvgIpc) is 3.34. The Morgan fingerprint density at radius 3 is 2.22 bits per heavy atom. The van der Waals surface area contributed by atoms with Gasteiger partial charge in [-0.25, -0.2) is 0 Å². The van der Waals surface area contributed by atoms with Crippen molar-refractivity contribution in [2.45, 2.75) is 0 Å². The predicted molar refractivity (Wildman–Crippen MR) is 146 cm³/mol. The van der Waals surface area contributed by atoms with E-state index in [4.69, 9.17) is 18.9 Å². The van der Waals surface area contributed by atoms with E-state index in [-0.39, 0.29) is 17.2 Å². The number of aromatic amines is 1. The molecule has 0 spiro atoms. The van der Waals surface area contributed by atoms with E-state index in [1.54, 1.807) is 50.6 Å². The summed E-state index contributed by atoms with van der Waals surface area (Å²) in [5.41, 5.74) is 3.41. The maximum absolute atomic E-state index is 12.8. The van der Waals surface area contributed by atoms with Gasteiger partial charge in [-0.05, 0) is 47.5 Å². The summed E-state index contributed by atoms with van der Waals surface area (Å²) in [5, 5.41) is 14.6. The highest BCUT2D eigenvalue weighted by Gasteiger charge is 2.15. The van der Waals surface area contributed by atoms with Crippen LogP contribution in [0.4, 0.5) is 5.69 Å². The van der Waals surface area contributed by atoms with Crippen molar-refractivity contribution in [1.29, 1.82) is 0 Å². The van der Waals surface area contributed by atoms with Gasteiger partial charge in [0.15, 0.2) is 23.0 Å². The van der Waals surface area contributed by atoms with Crippen LogP contribution in [0.1, 0.15) is 16.7 Å². The molecule has 1 aromatic heterocycles. The zero-order valence-electron chi connectivity index (χ0n) is 21.0. The van der Waals surface area contributed by atoms with E-state index >= 15 is 0 Å². The number of para-hydroxylation sites is 1. The second-order valence-electron chi connectivity index (χ2n) is 7.98. The summed E-state index contributed by atoms with van der Waals surface area (Å²) in [6.45, 7) is 0. The van der Waals surface area contributed by atoms with Crippen LogP contribution in [-0.4, -0.2) is 44.4 Å². The van der Waals surface area contributed by atoms with Gasteiger partial charge < -0.3 is 34.4 Å². The second-order valence-corrected chi connectivity index (χ2v) is 7.98. The Bertz CT molecular complexity index is 1460. The molecule has 4 aromatic rings. The van der Waals surface area contributed by atoms with Gasteiger partial charge in [-0.2, -0.15) is 0 Å². The van der Waals surface area contributed by atoms with Crippen molar-refractivity contribution in [3.8, 4) is 28.7 Å². The first-order valence-electron chi connectivity index (χ1n) is 11.4. The molecule has 0 bridgehead atoms. The number of aromatic hydroxyl groups is 1. The van der Waals surface area contributed by atoms with Crippen LogP contribution in [0, 0.1) is 0 Å². The Labute approximate surface area is 214 Å². The van der Waals surface area contributed by atoms with Crippen LogP contribution >= 0.6 is 0 Å². The molecule has 0 unspecified atom stereocenters. The monoisotopic (exact) mass is 500 g/mol. The highest BCUT2D eigenvalue weighted by molar-refractivity contribution is 6.05. The number of ether oxygens (including phenoxy) is 4. The number of fused-ring (bicyclic) bond motifs is 1. The third-order valence-electron chi connectivity index (χ3n) is 5.82. The Morgan fingerprint density at radius 1 is 0.838 bits per heavy atom. The highest BCUT2D eigenvalue weighted by atomic mass is 16.5. The number of hydrogen-bond donors (Lipinski definition) is 3. The van der Waals surface area contributed by atoms with Crippen LogP contribution in [0.2, 0.25) is 0 Å². The summed E-state index contributed by atoms with van der Waals surface area (Å²) < 4.78 is 21.5. The van der Waals surface area contributed by atoms with Gasteiger partial charge in [0.2, 0.25) is 11.7 Å². The molecule has 0 aliphatic rings. The number of H-pyrrole nitrogens is 1. The van der Waals surface area contributed by atoms with E-state index < -0.39 is 5.91 Å². The summed E-state index contributed by atoms with van der Waals surface area (Å²) in [4.78, 5) is 16.0. The lowest BCUT2D eigenvalue weighted by atomic mass is 10.1. The molecule has 4 rings (SSSR count). The maximum Gasteiger partial charge on any atom is 0.248 e. The summed E-state index contributed by atoms with van der Waals surface area (Å²) in [5.74, 6) is 1.16. The molecule has 1 heterocycles. The average molecular weight is 501 g/mol. The lowest BCUT2D eigenvalue weighted by Gasteiger charge is -2.14. The number of phenols is 1. The second kappa shape index (κ2) is 11.3. The molecule has 190 valence electrons. The van der Waals surface area contributed by atoms with Crippen molar-refractivity contribution < 1.29 is 28.8 Å². The van der Waals surface area contributed by atoms with Gasteiger partial charge in [0.25, 0.3) is 0 Å². The number of anilines is 1. The molecule has 0 saturated heterocycles. The molecule has 0 aliphatic carbocycles. The van der Waals surface area contributed by atoms with Crippen molar-refractivity contribution in [3.05, 3.63) is 77.5 Å². The fraction of sp³-hybridized carbons (Fsp3) is 0.138. The first-order valence-corrected chi connectivity index (χ1v) is 11.4. The van der Waals surface area contributed by atoms with Crippen LogP contribution in [0.15, 0.2) is 60.8 Å². The van der Waals surface area contributed by atoms with E-state index in [9.17, 15) is 9.90 Å². The Kier molecular flexibility index (Phi) is 7.68. The van der Waals surface area contributed by atoms with E-state index in [0.717, 1.165) is 22.0 Å². The molecule has 8 heteroatoms. The number of amides is 1. The van der Waals surface area contributed by atoms with Gasteiger partial charge in [-0.3, -0.25) is 4.79 Å². The van der Waals surface area contributed by atoms with Gasteiger partial charge in [0, 0.05) is 28.7 Å². The third-order valence-corrected chi connectivity index (χ3v) is 5.82. The molecule has 0 aliphatic heterocycles. The van der Waals surface area contributed by atoms with Crippen molar-refractivity contribution in [3.63, 3.8) is 0 Å². The zero-order chi connectivity index (χ0) is 26.4. The summed E-state index contributed by atoms with van der Waals surface area (Å²) in [6, 6.07) is 14.8. The minimum atomic E-state index is -0.406. The SMILES string of the molecule is COc1ccc(/C=C/c2cc(OC)c(OC)c(OC)c2)c(NC(=O)/C=C/c2c[nH]c3ccccc23)c1O. The molecule has 0 atom stereocenters. The predicted octanol–water partition coefficient (Wildman–Crippen LogP) is 5.73. The van der Waals surface area contributed by atoms with Crippen LogP contribution in [0.5, 0.6) is 28.7 Å². The summed E-state index contributed by atoms with van der Waals surface area (Å²) in [6.07, 6.45) is 8.54. The summed E-state index contributed by atoms with van der Waals surface area (Å²) >= 11 is 0. The van der Waals surface area contributed by atoms with Gasteiger partial charge in [-0.15, -0.1) is 0 Å². The molecule has 1 amide bonds. The number of phenolic OH excluding ortho intramolecular Hbond substituents is 1. The smallest absolute Gasteiger partial charge is 0.248 e. The normalized spacial score (nSPS) is 11.2. The van der Waals surface area contributed by atoms with Crippen LogP contribution in [0.3, 0.4) is 0 Å². The van der Waals surface area contributed by atoms with Crippen molar-refractivity contribution in [1.82, 2.24) is 4.98 Å². The third kappa shape index (κ3) is 5.38. The number of methoxy groups -OCH3 is 4. The number of carbonyl (C=O) groups excluding carboxylic acids is 1. The Balaban J connectivity index is 1.63. The fourth-order valence-corrected chi connectivity index (χ4v) is 3.97. The van der Waals surface area contributed by atoms with Gasteiger partial charge in [-0.1, -0.05) is 30.4 Å². The number of carbonyl (C=O) groups is 1. The standard InChI is InChI=1S/C29H28N2O6/c1-34-23-13-11-19(10-9-18-15-24(35-2)29(37-4)25(16-18)36-3)27(28(23)33)31-26(32)14-12-20-17-30-22-8-6-5-7-21(20)22/h5-17,30,33H,1-4H3,(H,31,32)/b10-9+,14-12+. The minimum Gasteiger partial charge on any atom is -0.503 e. The topological polar surface area (TPSA) is 102 Å².